The summed E-state index contributed by atoms with van der Waals surface area (Å²) in [6.45, 7) is 1.88. The lowest BCUT2D eigenvalue weighted by atomic mass is 10.0. The molecule has 5 aromatic rings. The average Bonchev–Trinajstić information content (AvgIpc) is 2.86. The molecule has 0 saturated heterocycles. The van der Waals surface area contributed by atoms with Crippen LogP contribution in [0, 0.1) is 6.92 Å². The number of anilines is 1. The van der Waals surface area contributed by atoms with Crippen molar-refractivity contribution in [3.05, 3.63) is 114 Å². The minimum atomic E-state index is -4.09. The first-order chi connectivity index (χ1) is 16.4. The van der Waals surface area contributed by atoms with Crippen LogP contribution in [0.2, 0.25) is 0 Å². The van der Waals surface area contributed by atoms with Gasteiger partial charge in [0.25, 0.3) is 15.9 Å². The van der Waals surface area contributed by atoms with Crippen molar-refractivity contribution >= 4 is 43.4 Å². The van der Waals surface area contributed by atoms with Gasteiger partial charge in [-0.25, -0.2) is 10.4 Å². The van der Waals surface area contributed by atoms with Gasteiger partial charge in [-0.1, -0.05) is 72.3 Å². The molecule has 0 aliphatic heterocycles. The zero-order valence-electron chi connectivity index (χ0n) is 18.3. The number of rotatable bonds is 5. The quantitative estimate of drug-likeness (QED) is 0.283. The van der Waals surface area contributed by atoms with Gasteiger partial charge in [0.15, 0.2) is 0 Å². The minimum absolute atomic E-state index is 0.0756. The highest BCUT2D eigenvalue weighted by molar-refractivity contribution is 7.92. The van der Waals surface area contributed by atoms with Crippen LogP contribution in [-0.2, 0) is 10.0 Å². The molecule has 168 valence electrons. The lowest BCUT2D eigenvalue weighted by Crippen LogP contribution is -2.46. The van der Waals surface area contributed by atoms with Crippen molar-refractivity contribution in [1.29, 1.82) is 0 Å². The van der Waals surface area contributed by atoms with E-state index in [1.54, 1.807) is 42.5 Å². The van der Waals surface area contributed by atoms with Crippen LogP contribution in [0.1, 0.15) is 15.9 Å². The molecule has 0 atom stereocenters. The maximum atomic E-state index is 13.7. The van der Waals surface area contributed by atoms with E-state index < -0.39 is 15.9 Å². The summed E-state index contributed by atoms with van der Waals surface area (Å²) in [7, 11) is -4.09. The normalized spacial score (nSPS) is 11.4. The first-order valence-electron chi connectivity index (χ1n) is 10.7. The van der Waals surface area contributed by atoms with Gasteiger partial charge in [0.1, 0.15) is 0 Å². The summed E-state index contributed by atoms with van der Waals surface area (Å²) in [4.78, 5) is 18.5. The number of para-hydroxylation sites is 3. The minimum Gasteiger partial charge on any atom is -0.267 e. The lowest BCUT2D eigenvalue weighted by molar-refractivity contribution is 0.0959. The molecule has 0 aliphatic carbocycles. The number of aromatic nitrogens is 1. The Balaban J connectivity index is 1.66. The lowest BCUT2D eigenvalue weighted by Gasteiger charge is -2.25. The predicted molar refractivity (Wildman–Crippen MR) is 134 cm³/mol. The first kappa shape index (κ1) is 21.6. The first-order valence-corrected chi connectivity index (χ1v) is 12.1. The van der Waals surface area contributed by atoms with E-state index >= 15 is 0 Å². The van der Waals surface area contributed by atoms with Crippen molar-refractivity contribution in [3.8, 4) is 0 Å². The van der Waals surface area contributed by atoms with Crippen molar-refractivity contribution in [2.24, 2.45) is 0 Å². The number of amides is 1. The second-order valence-electron chi connectivity index (χ2n) is 7.88. The third-order valence-corrected chi connectivity index (χ3v) is 7.22. The van der Waals surface area contributed by atoms with E-state index in [0.717, 1.165) is 9.98 Å². The van der Waals surface area contributed by atoms with Crippen molar-refractivity contribution in [2.45, 2.75) is 11.8 Å². The van der Waals surface area contributed by atoms with Crippen molar-refractivity contribution < 1.29 is 13.2 Å². The number of nitrogens with zero attached hydrogens (tertiary/aromatic N) is 2. The third-order valence-electron chi connectivity index (χ3n) is 5.57. The Bertz CT molecular complexity index is 1560. The molecule has 0 spiro atoms. The number of pyridine rings is 1. The van der Waals surface area contributed by atoms with Crippen LogP contribution in [0.4, 0.5) is 5.69 Å². The van der Waals surface area contributed by atoms with E-state index in [9.17, 15) is 13.2 Å². The van der Waals surface area contributed by atoms with E-state index in [2.05, 4.69) is 10.4 Å². The van der Waals surface area contributed by atoms with Crippen LogP contribution in [-0.4, -0.2) is 19.3 Å². The number of carbonyl (C=O) groups is 1. The molecule has 34 heavy (non-hydrogen) atoms. The molecule has 0 aliphatic rings. The van der Waals surface area contributed by atoms with Gasteiger partial charge in [-0.15, -0.1) is 0 Å². The molecule has 5 rings (SSSR count). The summed E-state index contributed by atoms with van der Waals surface area (Å²) in [5.74, 6) is -0.547. The van der Waals surface area contributed by atoms with Gasteiger partial charge in [0.2, 0.25) is 0 Å². The summed E-state index contributed by atoms with van der Waals surface area (Å²) < 4.78 is 28.2. The number of carbonyl (C=O) groups excluding carboxylic acids is 1. The second kappa shape index (κ2) is 8.61. The smallest absolute Gasteiger partial charge is 0.267 e. The van der Waals surface area contributed by atoms with Gasteiger partial charge in [0, 0.05) is 10.8 Å². The number of hydrazine groups is 1. The maximum absolute atomic E-state index is 13.7. The number of hydrogen-bond acceptors (Lipinski definition) is 4. The van der Waals surface area contributed by atoms with E-state index in [1.165, 1.54) is 12.1 Å². The van der Waals surface area contributed by atoms with Gasteiger partial charge in [-0.05, 0) is 43.3 Å². The Hall–Kier alpha value is -4.23. The van der Waals surface area contributed by atoms with Crippen LogP contribution >= 0.6 is 0 Å². The number of aryl methyl sites for hydroxylation is 1. The zero-order chi connectivity index (χ0) is 23.7. The van der Waals surface area contributed by atoms with Crippen molar-refractivity contribution in [2.75, 3.05) is 4.41 Å². The van der Waals surface area contributed by atoms with Crippen LogP contribution in [0.15, 0.2) is 108 Å². The second-order valence-corrected chi connectivity index (χ2v) is 9.67. The molecule has 0 fully saturated rings. The largest absolute Gasteiger partial charge is 0.281 e. The Morgan fingerprint density at radius 3 is 1.85 bits per heavy atom. The molecule has 0 saturated carbocycles. The molecule has 0 bridgehead atoms. The van der Waals surface area contributed by atoms with Crippen LogP contribution in [0.3, 0.4) is 0 Å². The number of benzene rings is 4. The summed E-state index contributed by atoms with van der Waals surface area (Å²) in [6, 6.07) is 29.6. The van der Waals surface area contributed by atoms with Crippen LogP contribution in [0.25, 0.3) is 21.8 Å². The van der Waals surface area contributed by atoms with Gasteiger partial charge in [0.05, 0.1) is 27.2 Å². The standard InChI is InChI=1S/C27H21N3O3S/c1-19-15-17-21(18-16-19)34(32,33)30(20-9-3-2-4-10-20)29-27(31)26-22-11-5-7-13-24(22)28-25-14-8-6-12-23(25)26/h2-18H,1H3,(H,29,31). The van der Waals surface area contributed by atoms with Gasteiger partial charge in [-0.3, -0.25) is 4.79 Å². The highest BCUT2D eigenvalue weighted by Gasteiger charge is 2.28. The van der Waals surface area contributed by atoms with Gasteiger partial charge >= 0.3 is 0 Å². The van der Waals surface area contributed by atoms with Crippen molar-refractivity contribution in [1.82, 2.24) is 10.4 Å². The number of sulfonamides is 1. The molecule has 7 heteroatoms. The number of nitrogens with one attached hydrogen (secondary N) is 1. The summed E-state index contributed by atoms with van der Waals surface area (Å²) in [6.07, 6.45) is 0. The molecule has 4 aromatic carbocycles. The number of hydrogen-bond donors (Lipinski definition) is 1. The molecular weight excluding hydrogens is 446 g/mol. The van der Waals surface area contributed by atoms with E-state index in [-0.39, 0.29) is 4.90 Å². The molecular formula is C27H21N3O3S. The van der Waals surface area contributed by atoms with Crippen LogP contribution < -0.4 is 9.84 Å². The van der Waals surface area contributed by atoms with Gasteiger partial charge in [-0.2, -0.15) is 12.8 Å². The third kappa shape index (κ3) is 3.86. The topological polar surface area (TPSA) is 79.4 Å². The Morgan fingerprint density at radius 2 is 1.26 bits per heavy atom. The molecule has 6 nitrogen and oxygen atoms in total. The Morgan fingerprint density at radius 1 is 0.735 bits per heavy atom. The molecule has 0 radical (unpaired) electrons. The summed E-state index contributed by atoms with van der Waals surface area (Å²) >= 11 is 0. The molecule has 1 heterocycles. The average molecular weight is 468 g/mol. The maximum Gasteiger partial charge on any atom is 0.281 e. The number of fused-ring (bicyclic) bond motifs is 2. The monoisotopic (exact) mass is 467 g/mol. The highest BCUT2D eigenvalue weighted by Crippen LogP contribution is 2.27. The highest BCUT2D eigenvalue weighted by atomic mass is 32.2. The molecule has 1 aromatic heterocycles. The van der Waals surface area contributed by atoms with Crippen molar-refractivity contribution in [3.63, 3.8) is 0 Å². The van der Waals surface area contributed by atoms with Crippen LogP contribution in [0.5, 0.6) is 0 Å². The summed E-state index contributed by atoms with van der Waals surface area (Å²) in [5.41, 5.74) is 5.58. The molecule has 1 N–H and O–H groups in total. The van der Waals surface area contributed by atoms with E-state index in [4.69, 9.17) is 0 Å². The molecule has 1 amide bonds. The zero-order valence-corrected chi connectivity index (χ0v) is 19.2. The van der Waals surface area contributed by atoms with E-state index in [1.807, 2.05) is 55.5 Å². The van der Waals surface area contributed by atoms with Gasteiger partial charge < -0.3 is 0 Å². The van der Waals surface area contributed by atoms with E-state index in [0.29, 0.717) is 33.1 Å². The summed E-state index contributed by atoms with van der Waals surface area (Å²) in [5, 5.41) is 1.28. The fourth-order valence-corrected chi connectivity index (χ4v) is 5.17. The SMILES string of the molecule is Cc1ccc(S(=O)(=O)N(NC(=O)c2c3ccccc3nc3ccccc23)c2ccccc2)cc1. The fraction of sp³-hybridized carbons (Fsp3) is 0.0370. The fourth-order valence-electron chi connectivity index (χ4n) is 3.88. The Labute approximate surface area is 197 Å². The Kier molecular flexibility index (Phi) is 5.47. The predicted octanol–water partition coefficient (Wildman–Crippen LogP) is 5.24. The molecule has 0 unspecified atom stereocenters.